The molecule has 2 N–H and O–H groups in total. The number of hydrogen-bond donors (Lipinski definition) is 2. The minimum atomic E-state index is -0.338. The first-order valence-electron chi connectivity index (χ1n) is 12.5. The molecular weight excluding hydrogens is 512 g/mol. The van der Waals surface area contributed by atoms with Gasteiger partial charge in [0.1, 0.15) is 17.5 Å². The van der Waals surface area contributed by atoms with Crippen molar-refractivity contribution in [3.05, 3.63) is 106 Å². The van der Waals surface area contributed by atoms with Gasteiger partial charge in [0, 0.05) is 49.0 Å². The second kappa shape index (κ2) is 12.3. The number of benzene rings is 3. The highest BCUT2D eigenvalue weighted by Crippen LogP contribution is 2.26. The molecule has 0 spiro atoms. The third kappa shape index (κ3) is 6.46. The van der Waals surface area contributed by atoms with Crippen molar-refractivity contribution in [2.24, 2.45) is 0 Å². The Morgan fingerprint density at radius 1 is 0.949 bits per heavy atom. The maximum atomic E-state index is 13.3. The molecule has 0 aliphatic rings. The van der Waals surface area contributed by atoms with E-state index in [9.17, 15) is 14.9 Å². The lowest BCUT2D eigenvalue weighted by Crippen LogP contribution is -2.26. The van der Waals surface area contributed by atoms with Gasteiger partial charge in [0.15, 0.2) is 5.69 Å². The molecular formula is C30H29ClN6O2. The smallest absolute Gasteiger partial charge is 0.251 e. The van der Waals surface area contributed by atoms with E-state index in [0.29, 0.717) is 47.2 Å². The van der Waals surface area contributed by atoms with Gasteiger partial charge in [0.05, 0.1) is 5.69 Å². The molecule has 198 valence electrons. The molecule has 0 fully saturated rings. The Hall–Kier alpha value is -4.61. The number of halogens is 1. The van der Waals surface area contributed by atoms with Gasteiger partial charge < -0.3 is 15.5 Å². The SMILES string of the molecule is Cc1ccc(C(=O)c2nn(-c3ccc(Cl)cc3)c(NCCCNC(=O)c3ccc(N(C)C)cc3)c2C#N)cc1. The molecule has 0 aliphatic carbocycles. The molecule has 1 amide bonds. The summed E-state index contributed by atoms with van der Waals surface area (Å²) in [7, 11) is 3.89. The fraction of sp³-hybridized carbons (Fsp3) is 0.200. The summed E-state index contributed by atoms with van der Waals surface area (Å²) in [6, 6.07) is 23.6. The first kappa shape index (κ1) is 27.4. The van der Waals surface area contributed by atoms with Crippen molar-refractivity contribution >= 4 is 34.8 Å². The van der Waals surface area contributed by atoms with E-state index in [1.54, 1.807) is 53.2 Å². The van der Waals surface area contributed by atoms with Crippen molar-refractivity contribution in [3.8, 4) is 11.8 Å². The predicted octanol–water partition coefficient (Wildman–Crippen LogP) is 5.23. The van der Waals surface area contributed by atoms with Crippen LogP contribution in [0.4, 0.5) is 11.5 Å². The molecule has 0 radical (unpaired) electrons. The van der Waals surface area contributed by atoms with Crippen LogP contribution < -0.4 is 15.5 Å². The summed E-state index contributed by atoms with van der Waals surface area (Å²) >= 11 is 6.07. The molecule has 9 heteroatoms. The number of aromatic nitrogens is 2. The van der Waals surface area contributed by atoms with Gasteiger partial charge in [0.25, 0.3) is 5.91 Å². The van der Waals surface area contributed by atoms with Crippen LogP contribution in [0.25, 0.3) is 5.69 Å². The molecule has 3 aromatic carbocycles. The zero-order valence-electron chi connectivity index (χ0n) is 22.0. The minimum Gasteiger partial charge on any atom is -0.378 e. The van der Waals surface area contributed by atoms with Crippen molar-refractivity contribution in [2.45, 2.75) is 13.3 Å². The lowest BCUT2D eigenvalue weighted by Gasteiger charge is -2.13. The fourth-order valence-electron chi connectivity index (χ4n) is 3.97. The summed E-state index contributed by atoms with van der Waals surface area (Å²) in [6.07, 6.45) is 0.583. The van der Waals surface area contributed by atoms with Crippen LogP contribution in [-0.4, -0.2) is 48.7 Å². The van der Waals surface area contributed by atoms with Gasteiger partial charge in [-0.1, -0.05) is 41.4 Å². The maximum absolute atomic E-state index is 13.3. The Morgan fingerprint density at radius 3 is 2.21 bits per heavy atom. The van der Waals surface area contributed by atoms with E-state index in [1.165, 1.54) is 0 Å². The van der Waals surface area contributed by atoms with E-state index in [1.807, 2.05) is 50.2 Å². The zero-order valence-corrected chi connectivity index (χ0v) is 22.8. The molecule has 0 atom stereocenters. The Morgan fingerprint density at radius 2 is 1.59 bits per heavy atom. The molecule has 8 nitrogen and oxygen atoms in total. The summed E-state index contributed by atoms with van der Waals surface area (Å²) in [4.78, 5) is 27.8. The van der Waals surface area contributed by atoms with E-state index in [-0.39, 0.29) is 22.9 Å². The highest BCUT2D eigenvalue weighted by Gasteiger charge is 2.25. The van der Waals surface area contributed by atoms with Crippen LogP contribution in [0.2, 0.25) is 5.02 Å². The van der Waals surface area contributed by atoms with Crippen molar-refractivity contribution in [3.63, 3.8) is 0 Å². The van der Waals surface area contributed by atoms with Crippen LogP contribution in [0, 0.1) is 18.3 Å². The number of nitriles is 1. The van der Waals surface area contributed by atoms with Gasteiger partial charge in [-0.3, -0.25) is 9.59 Å². The summed E-state index contributed by atoms with van der Waals surface area (Å²) < 4.78 is 1.54. The topological polar surface area (TPSA) is 103 Å². The number of amides is 1. The number of nitrogens with zero attached hydrogens (tertiary/aromatic N) is 4. The van der Waals surface area contributed by atoms with Crippen LogP contribution in [0.3, 0.4) is 0 Å². The summed E-state index contributed by atoms with van der Waals surface area (Å²) in [5.74, 6) is -0.0917. The quantitative estimate of drug-likeness (QED) is 0.211. The van der Waals surface area contributed by atoms with Crippen molar-refractivity contribution in [1.82, 2.24) is 15.1 Å². The Bertz CT molecular complexity index is 1500. The van der Waals surface area contributed by atoms with Crippen molar-refractivity contribution in [2.75, 3.05) is 37.4 Å². The van der Waals surface area contributed by atoms with Gasteiger partial charge >= 0.3 is 0 Å². The van der Waals surface area contributed by atoms with Crippen LogP contribution in [0.1, 0.15) is 44.0 Å². The van der Waals surface area contributed by atoms with E-state index < -0.39 is 0 Å². The maximum Gasteiger partial charge on any atom is 0.251 e. The fourth-order valence-corrected chi connectivity index (χ4v) is 4.09. The molecule has 0 bridgehead atoms. The van der Waals surface area contributed by atoms with Gasteiger partial charge in [0.2, 0.25) is 5.78 Å². The zero-order chi connectivity index (χ0) is 27.9. The monoisotopic (exact) mass is 540 g/mol. The predicted molar refractivity (Wildman–Crippen MR) is 154 cm³/mol. The van der Waals surface area contributed by atoms with Gasteiger partial charge in [-0.15, -0.1) is 0 Å². The Kier molecular flexibility index (Phi) is 8.64. The molecule has 0 saturated carbocycles. The van der Waals surface area contributed by atoms with Crippen LogP contribution in [-0.2, 0) is 0 Å². The largest absolute Gasteiger partial charge is 0.378 e. The standard InChI is InChI=1S/C30H29ClN6O2/c1-20-5-7-21(8-6-20)28(38)27-26(19-32)29(37(35-27)25-15-11-23(31)12-16-25)33-17-4-18-34-30(39)22-9-13-24(14-10-22)36(2)3/h5-16,33H,4,17-18H2,1-3H3,(H,34,39). The molecule has 0 saturated heterocycles. The normalized spacial score (nSPS) is 10.5. The number of nitrogens with one attached hydrogen (secondary N) is 2. The second-order valence-corrected chi connectivity index (χ2v) is 9.68. The first-order chi connectivity index (χ1) is 18.8. The van der Waals surface area contributed by atoms with Gasteiger partial charge in [-0.2, -0.15) is 10.4 Å². The number of carbonyl (C=O) groups excluding carboxylic acids is 2. The van der Waals surface area contributed by atoms with E-state index in [4.69, 9.17) is 11.6 Å². The van der Waals surface area contributed by atoms with Crippen molar-refractivity contribution < 1.29 is 9.59 Å². The number of ketones is 1. The van der Waals surface area contributed by atoms with Crippen LogP contribution in [0.5, 0.6) is 0 Å². The minimum absolute atomic E-state index is 0.0632. The highest BCUT2D eigenvalue weighted by atomic mass is 35.5. The number of carbonyl (C=O) groups is 2. The Balaban J connectivity index is 1.49. The summed E-state index contributed by atoms with van der Waals surface area (Å²) in [6.45, 7) is 2.80. The average molecular weight is 541 g/mol. The van der Waals surface area contributed by atoms with E-state index in [2.05, 4.69) is 21.8 Å². The van der Waals surface area contributed by atoms with Gasteiger partial charge in [-0.05, 0) is 61.9 Å². The first-order valence-corrected chi connectivity index (χ1v) is 12.9. The molecule has 1 aromatic heterocycles. The summed E-state index contributed by atoms with van der Waals surface area (Å²) in [5.41, 5.74) is 3.94. The Labute approximate surface area is 232 Å². The van der Waals surface area contributed by atoms with Crippen LogP contribution >= 0.6 is 11.6 Å². The molecule has 39 heavy (non-hydrogen) atoms. The van der Waals surface area contributed by atoms with Crippen LogP contribution in [0.15, 0.2) is 72.8 Å². The molecule has 4 aromatic rings. The number of hydrogen-bond acceptors (Lipinski definition) is 6. The molecule has 0 unspecified atom stereocenters. The lowest BCUT2D eigenvalue weighted by atomic mass is 10.0. The van der Waals surface area contributed by atoms with Gasteiger partial charge in [-0.25, -0.2) is 4.68 Å². The van der Waals surface area contributed by atoms with E-state index in [0.717, 1.165) is 11.3 Å². The van der Waals surface area contributed by atoms with E-state index >= 15 is 0 Å². The average Bonchev–Trinajstić information content (AvgIpc) is 3.31. The number of aryl methyl sites for hydroxylation is 1. The van der Waals surface area contributed by atoms with Crippen molar-refractivity contribution in [1.29, 1.82) is 5.26 Å². The second-order valence-electron chi connectivity index (χ2n) is 9.24. The highest BCUT2D eigenvalue weighted by molar-refractivity contribution is 6.30. The molecule has 4 rings (SSSR count). The number of anilines is 2. The summed E-state index contributed by atoms with van der Waals surface area (Å²) in [5, 5.41) is 21.3. The molecule has 1 heterocycles. The third-order valence-electron chi connectivity index (χ3n) is 6.17. The third-order valence-corrected chi connectivity index (χ3v) is 6.43. The molecule has 0 aliphatic heterocycles. The lowest BCUT2D eigenvalue weighted by molar-refractivity contribution is 0.0952. The number of rotatable bonds is 10.